The lowest BCUT2D eigenvalue weighted by Gasteiger charge is -2.19. The first-order valence-corrected chi connectivity index (χ1v) is 10.1. The molecule has 0 spiro atoms. The van der Waals surface area contributed by atoms with Gasteiger partial charge >= 0.3 is 5.97 Å². The topological polar surface area (TPSA) is 62.6 Å². The normalized spacial score (nSPS) is 11.5. The van der Waals surface area contributed by atoms with Gasteiger partial charge in [0.1, 0.15) is 18.0 Å². The monoisotopic (exact) mass is 420 g/mol. The van der Waals surface area contributed by atoms with Crippen molar-refractivity contribution in [3.05, 3.63) is 83.2 Å². The Bertz CT molecular complexity index is 1050. The van der Waals surface area contributed by atoms with Crippen LogP contribution in [0.25, 0.3) is 6.08 Å². The first-order valence-electron chi connectivity index (χ1n) is 10.1. The molecule has 0 atom stereocenters. The molecule has 0 saturated carbocycles. The van der Waals surface area contributed by atoms with Crippen molar-refractivity contribution >= 4 is 12.0 Å². The van der Waals surface area contributed by atoms with E-state index in [2.05, 4.69) is 5.10 Å². The summed E-state index contributed by atoms with van der Waals surface area (Å²) in [6.07, 6.45) is 3.47. The Labute approximate surface area is 183 Å². The third-order valence-corrected chi connectivity index (χ3v) is 4.34. The Morgan fingerprint density at radius 1 is 1.06 bits per heavy atom. The minimum atomic E-state index is -0.517. The Morgan fingerprint density at radius 2 is 1.74 bits per heavy atom. The van der Waals surface area contributed by atoms with Crippen LogP contribution in [0.4, 0.5) is 0 Å². The van der Waals surface area contributed by atoms with Gasteiger partial charge in [-0.15, -0.1) is 0 Å². The molecule has 1 heterocycles. The van der Waals surface area contributed by atoms with E-state index in [1.54, 1.807) is 23.1 Å². The number of benzene rings is 2. The van der Waals surface area contributed by atoms with Gasteiger partial charge in [0, 0.05) is 7.05 Å². The number of rotatable bonds is 7. The summed E-state index contributed by atoms with van der Waals surface area (Å²) in [5.41, 5.74) is 2.64. The van der Waals surface area contributed by atoms with Crippen molar-refractivity contribution in [3.63, 3.8) is 0 Å². The predicted octanol–water partition coefficient (Wildman–Crippen LogP) is 5.66. The molecule has 0 N–H and O–H groups in total. The lowest BCUT2D eigenvalue weighted by atomic mass is 10.1. The molecule has 0 fully saturated rings. The summed E-state index contributed by atoms with van der Waals surface area (Å²) < 4.78 is 18.8. The molecule has 0 saturated heterocycles. The maximum absolute atomic E-state index is 12.1. The van der Waals surface area contributed by atoms with E-state index in [1.165, 1.54) is 0 Å². The number of nitrogens with zero attached hydrogens (tertiary/aromatic N) is 2. The van der Waals surface area contributed by atoms with Gasteiger partial charge in [-0.3, -0.25) is 0 Å². The Kier molecular flexibility index (Phi) is 6.80. The van der Waals surface area contributed by atoms with Crippen molar-refractivity contribution in [2.75, 3.05) is 0 Å². The zero-order valence-electron chi connectivity index (χ0n) is 18.6. The van der Waals surface area contributed by atoms with Crippen LogP contribution in [0.2, 0.25) is 0 Å². The smallest absolute Gasteiger partial charge is 0.338 e. The molecule has 3 rings (SSSR count). The van der Waals surface area contributed by atoms with Gasteiger partial charge in [-0.25, -0.2) is 9.48 Å². The predicted molar refractivity (Wildman–Crippen MR) is 120 cm³/mol. The number of aromatic nitrogens is 2. The summed E-state index contributed by atoms with van der Waals surface area (Å²) >= 11 is 0. The van der Waals surface area contributed by atoms with E-state index < -0.39 is 5.60 Å². The first-order chi connectivity index (χ1) is 14.7. The molecular weight excluding hydrogens is 392 g/mol. The number of para-hydroxylation sites is 1. The fraction of sp³-hybridized carbons (Fsp3) is 0.280. The number of hydrogen-bond acceptors (Lipinski definition) is 5. The third kappa shape index (κ3) is 6.22. The second-order valence-electron chi connectivity index (χ2n) is 8.16. The highest BCUT2D eigenvalue weighted by atomic mass is 16.6. The second kappa shape index (κ2) is 9.51. The summed E-state index contributed by atoms with van der Waals surface area (Å²) in [4.78, 5) is 12.1. The molecule has 0 amide bonds. The third-order valence-electron chi connectivity index (χ3n) is 4.34. The zero-order valence-corrected chi connectivity index (χ0v) is 18.6. The van der Waals surface area contributed by atoms with E-state index in [9.17, 15) is 4.79 Å². The van der Waals surface area contributed by atoms with Crippen LogP contribution < -0.4 is 4.74 Å². The van der Waals surface area contributed by atoms with Crippen molar-refractivity contribution in [2.24, 2.45) is 7.05 Å². The standard InChI is InChI=1S/C25H28N2O4/c1-18-22(23(27(5)26-18)30-21-9-7-6-8-10-21)15-16-29-17-19-11-13-20(14-12-19)24(28)31-25(2,3)4/h6-16H,17H2,1-5H3/b16-15-. The minimum absolute atomic E-state index is 0.335. The van der Waals surface area contributed by atoms with Crippen molar-refractivity contribution in [1.82, 2.24) is 9.78 Å². The minimum Gasteiger partial charge on any atom is -0.496 e. The van der Waals surface area contributed by atoms with Crippen LogP contribution in [0, 0.1) is 6.92 Å². The quantitative estimate of drug-likeness (QED) is 0.364. The summed E-state index contributed by atoms with van der Waals surface area (Å²) in [5, 5.41) is 4.44. The fourth-order valence-corrected chi connectivity index (χ4v) is 2.90. The van der Waals surface area contributed by atoms with Gasteiger partial charge in [-0.2, -0.15) is 5.10 Å². The molecule has 0 aliphatic carbocycles. The molecule has 0 aliphatic rings. The van der Waals surface area contributed by atoms with Crippen LogP contribution in [0.5, 0.6) is 11.6 Å². The molecule has 1 aromatic heterocycles. The average molecular weight is 421 g/mol. The summed E-state index contributed by atoms with van der Waals surface area (Å²) in [6.45, 7) is 7.84. The number of ether oxygens (including phenoxy) is 3. The number of carbonyl (C=O) groups excluding carboxylic acids is 1. The van der Waals surface area contributed by atoms with Crippen LogP contribution in [-0.4, -0.2) is 21.4 Å². The van der Waals surface area contributed by atoms with Crippen LogP contribution in [0.15, 0.2) is 60.9 Å². The maximum Gasteiger partial charge on any atom is 0.338 e. The van der Waals surface area contributed by atoms with Gasteiger partial charge in [-0.05, 0) is 63.6 Å². The largest absolute Gasteiger partial charge is 0.496 e. The summed E-state index contributed by atoms with van der Waals surface area (Å²) in [5.74, 6) is 1.05. The SMILES string of the molecule is Cc1nn(C)c(Oc2ccccc2)c1/C=C\OCc1ccc(C(=O)OC(C)(C)C)cc1. The van der Waals surface area contributed by atoms with E-state index in [4.69, 9.17) is 14.2 Å². The fourth-order valence-electron chi connectivity index (χ4n) is 2.90. The van der Waals surface area contributed by atoms with Gasteiger partial charge in [0.2, 0.25) is 5.88 Å². The molecule has 0 unspecified atom stereocenters. The molecule has 6 nitrogen and oxygen atoms in total. The number of hydrogen-bond donors (Lipinski definition) is 0. The molecule has 162 valence electrons. The van der Waals surface area contributed by atoms with Crippen molar-refractivity contribution in [1.29, 1.82) is 0 Å². The molecule has 0 aliphatic heterocycles. The van der Waals surface area contributed by atoms with Gasteiger partial charge in [0.05, 0.1) is 23.1 Å². The van der Waals surface area contributed by atoms with Crippen LogP contribution in [-0.2, 0) is 23.1 Å². The number of aryl methyl sites for hydroxylation is 2. The first kappa shape index (κ1) is 22.2. The molecule has 6 heteroatoms. The van der Waals surface area contributed by atoms with Crippen LogP contribution in [0.1, 0.15) is 48.0 Å². The highest BCUT2D eigenvalue weighted by Gasteiger charge is 2.17. The van der Waals surface area contributed by atoms with Gasteiger partial charge in [0.15, 0.2) is 0 Å². The molecular formula is C25H28N2O4. The Balaban J connectivity index is 1.61. The summed E-state index contributed by atoms with van der Waals surface area (Å²) in [6, 6.07) is 16.8. The van der Waals surface area contributed by atoms with E-state index in [0.29, 0.717) is 18.1 Å². The Hall–Kier alpha value is -3.54. The maximum atomic E-state index is 12.1. The molecule has 31 heavy (non-hydrogen) atoms. The highest BCUT2D eigenvalue weighted by Crippen LogP contribution is 2.28. The summed E-state index contributed by atoms with van der Waals surface area (Å²) in [7, 11) is 1.84. The van der Waals surface area contributed by atoms with E-state index >= 15 is 0 Å². The molecule has 3 aromatic rings. The van der Waals surface area contributed by atoms with Crippen LogP contribution >= 0.6 is 0 Å². The van der Waals surface area contributed by atoms with Crippen molar-refractivity contribution < 1.29 is 19.0 Å². The van der Waals surface area contributed by atoms with Gasteiger partial charge in [-0.1, -0.05) is 30.3 Å². The zero-order chi connectivity index (χ0) is 22.4. The van der Waals surface area contributed by atoms with Crippen molar-refractivity contribution in [3.8, 4) is 11.6 Å². The molecule has 0 bridgehead atoms. The van der Waals surface area contributed by atoms with Gasteiger partial charge in [0.25, 0.3) is 0 Å². The Morgan fingerprint density at radius 3 is 2.39 bits per heavy atom. The van der Waals surface area contributed by atoms with E-state index in [0.717, 1.165) is 22.6 Å². The van der Waals surface area contributed by atoms with Crippen molar-refractivity contribution in [2.45, 2.75) is 39.9 Å². The number of esters is 1. The lowest BCUT2D eigenvalue weighted by Crippen LogP contribution is -2.23. The van der Waals surface area contributed by atoms with Gasteiger partial charge < -0.3 is 14.2 Å². The second-order valence-corrected chi connectivity index (χ2v) is 8.16. The average Bonchev–Trinajstić information content (AvgIpc) is 2.98. The molecule has 0 radical (unpaired) electrons. The highest BCUT2D eigenvalue weighted by molar-refractivity contribution is 5.89. The lowest BCUT2D eigenvalue weighted by molar-refractivity contribution is 0.00694. The molecule has 2 aromatic carbocycles. The number of carbonyl (C=O) groups is 1. The van der Waals surface area contributed by atoms with Crippen LogP contribution in [0.3, 0.4) is 0 Å². The van der Waals surface area contributed by atoms with E-state index in [1.807, 2.05) is 83.3 Å². The van der Waals surface area contributed by atoms with E-state index in [-0.39, 0.29) is 5.97 Å².